The van der Waals surface area contributed by atoms with E-state index in [0.717, 1.165) is 18.2 Å². The van der Waals surface area contributed by atoms with Gasteiger partial charge >= 0.3 is 0 Å². The number of phenolic OH excluding ortho intramolecular Hbond substituents is 1. The fraction of sp³-hybridized carbons (Fsp3) is 0.0588. The Morgan fingerprint density at radius 1 is 1.12 bits per heavy atom. The van der Waals surface area contributed by atoms with Gasteiger partial charge in [0.05, 0.1) is 10.6 Å². The van der Waals surface area contributed by atoms with Crippen LogP contribution in [0.25, 0.3) is 10.9 Å². The van der Waals surface area contributed by atoms with E-state index >= 15 is 0 Å². The van der Waals surface area contributed by atoms with Crippen LogP contribution >= 0.6 is 0 Å². The van der Waals surface area contributed by atoms with Gasteiger partial charge in [-0.3, -0.25) is 24.4 Å². The number of nitro benzene ring substituents is 1. The van der Waals surface area contributed by atoms with Crippen molar-refractivity contribution in [2.24, 2.45) is 0 Å². The van der Waals surface area contributed by atoms with Gasteiger partial charge in [0.1, 0.15) is 10.4 Å². The maximum atomic E-state index is 12.3. The lowest BCUT2D eigenvalue weighted by Gasteiger charge is -2.15. The van der Waals surface area contributed by atoms with Gasteiger partial charge in [0, 0.05) is 23.7 Å². The summed E-state index contributed by atoms with van der Waals surface area (Å²) >= 11 is 0. The van der Waals surface area contributed by atoms with Gasteiger partial charge < -0.3 is 32.0 Å². The highest BCUT2D eigenvalue weighted by Crippen LogP contribution is 2.36. The Morgan fingerprint density at radius 3 is 2.25 bits per heavy atom. The van der Waals surface area contributed by atoms with Crippen molar-refractivity contribution in [2.75, 3.05) is 5.32 Å². The molecule has 3 aromatic rings. The molecule has 0 fully saturated rings. The Hall–Kier alpha value is -3.73. The van der Waals surface area contributed by atoms with Gasteiger partial charge in [-0.2, -0.15) is 8.42 Å². The van der Waals surface area contributed by atoms with E-state index in [0.29, 0.717) is 0 Å². The fourth-order valence-corrected chi connectivity index (χ4v) is 3.35. The second kappa shape index (κ2) is 10.5. The van der Waals surface area contributed by atoms with Crippen molar-refractivity contribution in [1.29, 1.82) is 0 Å². The molecule has 174 valence electrons. The molecule has 10 N–H and O–H groups in total. The third kappa shape index (κ3) is 5.49. The molecule has 0 saturated heterocycles. The van der Waals surface area contributed by atoms with Gasteiger partial charge in [0.2, 0.25) is 0 Å². The largest absolute Gasteiger partial charge is 0.504 e. The number of aromatic hydroxyl groups is 1. The van der Waals surface area contributed by atoms with Crippen molar-refractivity contribution >= 4 is 38.3 Å². The number of hydrogen-bond donors (Lipinski definition) is 4. The molecule has 0 bridgehead atoms. The van der Waals surface area contributed by atoms with Crippen molar-refractivity contribution in [3.8, 4) is 5.75 Å². The summed E-state index contributed by atoms with van der Waals surface area (Å²) in [7, 11) is -4.72. The lowest BCUT2D eigenvalue weighted by atomic mass is 10.1. The topological polar surface area (TPSA) is 274 Å². The molecular formula is C17H19N3O11S. The Kier molecular flexibility index (Phi) is 9.31. The molecular weight excluding hydrogens is 454 g/mol. The Balaban J connectivity index is 0.00000320. The molecule has 0 aliphatic rings. The average Bonchev–Trinajstić information content (AvgIpc) is 2.68. The van der Waals surface area contributed by atoms with E-state index in [9.17, 15) is 38.1 Å². The number of non-ortho nitro benzene ring substituents is 1. The predicted octanol–water partition coefficient (Wildman–Crippen LogP) is -0.707. The zero-order chi connectivity index (χ0) is 21.3. The number of nitrogens with one attached hydrogen (secondary N) is 1. The summed E-state index contributed by atoms with van der Waals surface area (Å²) in [5.74, 6) is -1.62. The average molecular weight is 473 g/mol. The van der Waals surface area contributed by atoms with Gasteiger partial charge in [-0.1, -0.05) is 0 Å². The molecule has 1 amide bonds. The molecule has 0 saturated carbocycles. The summed E-state index contributed by atoms with van der Waals surface area (Å²) < 4.78 is 32.8. The molecule has 32 heavy (non-hydrogen) atoms. The van der Waals surface area contributed by atoms with Gasteiger partial charge in [-0.15, -0.1) is 0 Å². The lowest BCUT2D eigenvalue weighted by molar-refractivity contribution is -0.384. The number of phenols is 1. The number of hydrogen-bond acceptors (Lipinski definition) is 8. The van der Waals surface area contributed by atoms with Gasteiger partial charge in [0.25, 0.3) is 21.7 Å². The highest BCUT2D eigenvalue weighted by Gasteiger charge is 2.24. The summed E-state index contributed by atoms with van der Waals surface area (Å²) in [6.07, 6.45) is -0.503. The third-order valence-electron chi connectivity index (χ3n) is 4.03. The fourth-order valence-electron chi connectivity index (χ4n) is 2.64. The first-order valence-electron chi connectivity index (χ1n) is 7.91. The molecule has 0 aliphatic carbocycles. The minimum Gasteiger partial charge on any atom is -0.504 e. The maximum absolute atomic E-state index is 12.3. The highest BCUT2D eigenvalue weighted by atomic mass is 32.2. The van der Waals surface area contributed by atoms with Gasteiger partial charge in [-0.25, -0.2) is 0 Å². The summed E-state index contributed by atoms with van der Waals surface area (Å²) in [5, 5.41) is 33.3. The van der Waals surface area contributed by atoms with Crippen LogP contribution in [0.15, 0.2) is 53.6 Å². The van der Waals surface area contributed by atoms with Gasteiger partial charge in [-0.05, 0) is 35.9 Å². The number of nitro groups is 1. The van der Waals surface area contributed by atoms with Crippen LogP contribution in [0.4, 0.5) is 11.4 Å². The molecule has 15 heteroatoms. The van der Waals surface area contributed by atoms with E-state index in [1.54, 1.807) is 0 Å². The smallest absolute Gasteiger partial charge is 0.295 e. The standard InChI is InChI=1S/C17H13N3O8S.3H2O/c21-15(9-3-5-10(6-4-9)20(24)25)17(23)19-12-8-13(29(26,27)28)11-2-1-7-18-14(11)16(12)22;;;/h1-8,15,21-22H,(H,19,23)(H,26,27,28);3*1H2. The van der Waals surface area contributed by atoms with E-state index < -0.39 is 43.4 Å². The zero-order valence-electron chi connectivity index (χ0n) is 15.9. The van der Waals surface area contributed by atoms with Crippen LogP contribution < -0.4 is 5.32 Å². The first-order valence-corrected chi connectivity index (χ1v) is 9.35. The van der Waals surface area contributed by atoms with E-state index in [4.69, 9.17) is 0 Å². The minimum absolute atomic E-state index is 0. The number of amides is 1. The summed E-state index contributed by atoms with van der Waals surface area (Å²) in [6.45, 7) is 0. The van der Waals surface area contributed by atoms with Crippen molar-refractivity contribution in [3.05, 3.63) is 64.3 Å². The number of anilines is 1. The quantitative estimate of drug-likeness (QED) is 0.157. The Bertz CT molecular complexity index is 1230. The molecule has 0 radical (unpaired) electrons. The first-order chi connectivity index (χ1) is 13.6. The number of nitrogens with zero attached hydrogens (tertiary/aromatic N) is 2. The second-order valence-electron chi connectivity index (χ2n) is 5.89. The normalized spacial score (nSPS) is 11.3. The van der Waals surface area contributed by atoms with E-state index in [1.165, 1.54) is 30.5 Å². The molecule has 1 unspecified atom stereocenters. The lowest BCUT2D eigenvalue weighted by Crippen LogP contribution is -2.21. The van der Waals surface area contributed by atoms with Crippen LogP contribution in [0.1, 0.15) is 11.7 Å². The maximum Gasteiger partial charge on any atom is 0.295 e. The number of aliphatic hydroxyl groups is 1. The highest BCUT2D eigenvalue weighted by molar-refractivity contribution is 7.86. The van der Waals surface area contributed by atoms with Gasteiger partial charge in [0.15, 0.2) is 11.9 Å². The van der Waals surface area contributed by atoms with Crippen LogP contribution in [-0.2, 0) is 14.9 Å². The molecule has 1 aromatic heterocycles. The molecule has 0 spiro atoms. The van der Waals surface area contributed by atoms with Crippen LogP contribution in [0, 0.1) is 10.1 Å². The summed E-state index contributed by atoms with van der Waals surface area (Å²) in [5.41, 5.74) is -0.809. The molecule has 2 aromatic carbocycles. The van der Waals surface area contributed by atoms with Crippen LogP contribution in [0.2, 0.25) is 0 Å². The molecule has 3 rings (SSSR count). The van der Waals surface area contributed by atoms with Crippen LogP contribution in [-0.4, -0.2) is 55.4 Å². The molecule has 14 nitrogen and oxygen atoms in total. The van der Waals surface area contributed by atoms with Crippen LogP contribution in [0.3, 0.4) is 0 Å². The number of aliphatic hydroxyl groups excluding tert-OH is 1. The van der Waals surface area contributed by atoms with E-state index in [1.807, 2.05) is 0 Å². The van der Waals surface area contributed by atoms with Crippen molar-refractivity contribution < 1.29 is 49.3 Å². The first kappa shape index (κ1) is 28.3. The Labute approximate surface area is 179 Å². The second-order valence-corrected chi connectivity index (χ2v) is 7.28. The number of pyridine rings is 1. The molecule has 1 atom stereocenters. The number of fused-ring (bicyclic) bond motifs is 1. The van der Waals surface area contributed by atoms with E-state index in [-0.39, 0.29) is 38.6 Å². The number of benzene rings is 2. The van der Waals surface area contributed by atoms with Crippen molar-refractivity contribution in [3.63, 3.8) is 0 Å². The van der Waals surface area contributed by atoms with Crippen molar-refractivity contribution in [2.45, 2.75) is 11.0 Å². The number of carbonyl (C=O) groups is 1. The summed E-state index contributed by atoms with van der Waals surface area (Å²) in [6, 6.07) is 8.08. The number of rotatable bonds is 5. The number of carbonyl (C=O) groups excluding carboxylic acids is 1. The number of aromatic nitrogens is 1. The zero-order valence-corrected chi connectivity index (χ0v) is 16.7. The van der Waals surface area contributed by atoms with E-state index in [2.05, 4.69) is 10.3 Å². The molecule has 1 heterocycles. The predicted molar refractivity (Wildman–Crippen MR) is 111 cm³/mol. The van der Waals surface area contributed by atoms with Crippen LogP contribution in [0.5, 0.6) is 5.75 Å². The SMILES string of the molecule is O.O.O.O=C(Nc1cc(S(=O)(=O)O)c2cccnc2c1O)C(O)c1ccc([N+](=O)[O-])cc1. The monoisotopic (exact) mass is 473 g/mol. The minimum atomic E-state index is -4.72. The third-order valence-corrected chi connectivity index (χ3v) is 4.93. The molecule has 0 aliphatic heterocycles. The Morgan fingerprint density at radius 2 is 1.72 bits per heavy atom. The van der Waals surface area contributed by atoms with Crippen molar-refractivity contribution in [1.82, 2.24) is 4.98 Å². The summed E-state index contributed by atoms with van der Waals surface area (Å²) in [4.78, 5) is 25.6.